The Morgan fingerprint density at radius 2 is 1.16 bits per heavy atom. The van der Waals surface area contributed by atoms with Gasteiger partial charge in [0.1, 0.15) is 15.5 Å². The molecule has 0 spiro atoms. The summed E-state index contributed by atoms with van der Waals surface area (Å²) in [4.78, 5) is 26.0. The summed E-state index contributed by atoms with van der Waals surface area (Å²) in [5.74, 6) is -3.09. The molecule has 0 unspecified atom stereocenters. The first-order chi connectivity index (χ1) is 14.8. The number of aromatic hydroxyl groups is 1. The molecule has 3 aromatic carbocycles. The predicted molar refractivity (Wildman–Crippen MR) is 119 cm³/mol. The number of rotatable bonds is 1. The van der Waals surface area contributed by atoms with Gasteiger partial charge in [-0.05, 0) is 40.5 Å². The zero-order valence-corrected chi connectivity index (χ0v) is 18.1. The van der Waals surface area contributed by atoms with Crippen LogP contribution in [0.15, 0.2) is 66.7 Å². The molecule has 3 aliphatic carbocycles. The van der Waals surface area contributed by atoms with Crippen LogP contribution in [0.4, 0.5) is 5.69 Å². The molecule has 154 valence electrons. The maximum atomic E-state index is 13.8. The molecule has 1 heterocycles. The maximum Gasteiger partial charge on any atom is 0.240 e. The first-order valence-electron chi connectivity index (χ1n) is 9.75. The van der Waals surface area contributed by atoms with Crippen LogP contribution in [-0.2, 0) is 19.3 Å². The fourth-order valence-corrected chi connectivity index (χ4v) is 6.84. The molecule has 0 saturated carbocycles. The SMILES string of the molecule is O=C1[C@H]2[C@H](C(=O)N1c1cc(Cl)ccc1O)C1(Cl)c3ccccc3C2(Cl)c2ccccc21. The van der Waals surface area contributed by atoms with E-state index in [-0.39, 0.29) is 11.4 Å². The third-order valence-corrected chi connectivity index (χ3v) is 8.28. The van der Waals surface area contributed by atoms with Gasteiger partial charge in [-0.25, -0.2) is 4.90 Å². The van der Waals surface area contributed by atoms with E-state index >= 15 is 0 Å². The maximum absolute atomic E-state index is 13.8. The number of imide groups is 1. The molecule has 0 aromatic heterocycles. The monoisotopic (exact) mass is 469 g/mol. The van der Waals surface area contributed by atoms with Crippen LogP contribution < -0.4 is 4.90 Å². The average molecular weight is 471 g/mol. The number of halogens is 3. The predicted octanol–water partition coefficient (Wildman–Crippen LogP) is 5.14. The zero-order valence-electron chi connectivity index (χ0n) is 15.9. The van der Waals surface area contributed by atoms with Crippen molar-refractivity contribution in [2.24, 2.45) is 11.8 Å². The lowest BCUT2D eigenvalue weighted by Crippen LogP contribution is -2.57. The van der Waals surface area contributed by atoms with Crippen molar-refractivity contribution in [3.05, 3.63) is 94.0 Å². The average Bonchev–Trinajstić information content (AvgIpc) is 3.05. The van der Waals surface area contributed by atoms with Crippen LogP contribution in [0.5, 0.6) is 5.75 Å². The molecular weight excluding hydrogens is 457 g/mol. The minimum absolute atomic E-state index is 0.0324. The number of benzene rings is 3. The smallest absolute Gasteiger partial charge is 0.240 e. The van der Waals surface area contributed by atoms with Crippen LogP contribution in [0.25, 0.3) is 0 Å². The number of carbonyl (C=O) groups is 2. The summed E-state index contributed by atoms with van der Waals surface area (Å²) in [7, 11) is 0. The fourth-order valence-electron chi connectivity index (χ4n) is 5.58. The van der Waals surface area contributed by atoms with Crippen LogP contribution in [0.1, 0.15) is 22.3 Å². The van der Waals surface area contributed by atoms with Crippen molar-refractivity contribution >= 4 is 52.3 Å². The second-order valence-corrected chi connectivity index (χ2v) is 9.74. The van der Waals surface area contributed by atoms with Crippen molar-refractivity contribution in [1.29, 1.82) is 0 Å². The van der Waals surface area contributed by atoms with Gasteiger partial charge in [-0.1, -0.05) is 60.1 Å². The highest BCUT2D eigenvalue weighted by Gasteiger charge is 2.73. The third kappa shape index (κ3) is 2.08. The van der Waals surface area contributed by atoms with Crippen molar-refractivity contribution in [3.63, 3.8) is 0 Å². The number of nitrogens with zero attached hydrogens (tertiary/aromatic N) is 1. The normalized spacial score (nSPS) is 30.2. The molecule has 4 aliphatic rings. The Hall–Kier alpha value is -2.53. The molecule has 2 atom stereocenters. The van der Waals surface area contributed by atoms with E-state index in [2.05, 4.69) is 0 Å². The van der Waals surface area contributed by atoms with Crippen LogP contribution in [0.3, 0.4) is 0 Å². The second-order valence-electron chi connectivity index (χ2n) is 8.11. The van der Waals surface area contributed by atoms with Crippen LogP contribution in [0.2, 0.25) is 5.02 Å². The fraction of sp³-hybridized carbons (Fsp3) is 0.167. The van der Waals surface area contributed by atoms with Gasteiger partial charge >= 0.3 is 0 Å². The highest BCUT2D eigenvalue weighted by atomic mass is 35.5. The van der Waals surface area contributed by atoms with E-state index in [4.69, 9.17) is 34.8 Å². The lowest BCUT2D eigenvalue weighted by molar-refractivity contribution is -0.122. The molecule has 3 aromatic rings. The molecule has 2 bridgehead atoms. The molecule has 4 nitrogen and oxygen atoms in total. The zero-order chi connectivity index (χ0) is 21.7. The molecule has 7 heteroatoms. The van der Waals surface area contributed by atoms with E-state index in [1.807, 2.05) is 48.5 Å². The lowest BCUT2D eigenvalue weighted by atomic mass is 9.54. The van der Waals surface area contributed by atoms with Crippen molar-refractivity contribution in [2.75, 3.05) is 4.90 Å². The molecule has 1 aliphatic heterocycles. The Kier molecular flexibility index (Phi) is 3.73. The van der Waals surface area contributed by atoms with E-state index in [0.717, 1.165) is 27.2 Å². The van der Waals surface area contributed by atoms with E-state index in [1.165, 1.54) is 18.2 Å². The summed E-state index contributed by atoms with van der Waals surface area (Å²) < 4.78 is 0. The number of anilines is 1. The minimum atomic E-state index is -1.26. The highest BCUT2D eigenvalue weighted by Crippen LogP contribution is 2.69. The summed E-state index contributed by atoms with van der Waals surface area (Å²) >= 11 is 20.8. The highest BCUT2D eigenvalue weighted by molar-refractivity contribution is 6.39. The van der Waals surface area contributed by atoms with Gasteiger partial charge in [-0.3, -0.25) is 9.59 Å². The molecule has 1 saturated heterocycles. The number of hydrogen-bond donors (Lipinski definition) is 1. The number of amides is 2. The molecule has 1 fully saturated rings. The van der Waals surface area contributed by atoms with Gasteiger partial charge in [0, 0.05) is 5.02 Å². The van der Waals surface area contributed by atoms with Gasteiger partial charge in [0.05, 0.1) is 17.5 Å². The van der Waals surface area contributed by atoms with Crippen LogP contribution in [0, 0.1) is 11.8 Å². The molecule has 1 N–H and O–H groups in total. The van der Waals surface area contributed by atoms with Gasteiger partial charge in [0.25, 0.3) is 0 Å². The quantitative estimate of drug-likeness (QED) is 0.396. The summed E-state index contributed by atoms with van der Waals surface area (Å²) in [6, 6.07) is 19.1. The Morgan fingerprint density at radius 3 is 1.58 bits per heavy atom. The van der Waals surface area contributed by atoms with Crippen LogP contribution >= 0.6 is 34.8 Å². The number of phenolic OH excluding ortho intramolecular Hbond substituents is 1. The minimum Gasteiger partial charge on any atom is -0.506 e. The first kappa shape index (κ1) is 19.2. The number of carbonyl (C=O) groups excluding carboxylic acids is 2. The largest absolute Gasteiger partial charge is 0.506 e. The lowest BCUT2D eigenvalue weighted by Gasteiger charge is -2.54. The topological polar surface area (TPSA) is 57.6 Å². The van der Waals surface area contributed by atoms with Gasteiger partial charge in [0.2, 0.25) is 11.8 Å². The van der Waals surface area contributed by atoms with Crippen LogP contribution in [-0.4, -0.2) is 16.9 Å². The van der Waals surface area contributed by atoms with E-state index in [0.29, 0.717) is 5.02 Å². The van der Waals surface area contributed by atoms with E-state index in [1.54, 1.807) is 0 Å². The van der Waals surface area contributed by atoms with Gasteiger partial charge in [-0.15, -0.1) is 23.2 Å². The summed E-state index contributed by atoms with van der Waals surface area (Å²) in [5.41, 5.74) is 2.94. The third-order valence-electron chi connectivity index (χ3n) is 6.76. The summed E-state index contributed by atoms with van der Waals surface area (Å²) in [6.45, 7) is 0. The number of phenols is 1. The van der Waals surface area contributed by atoms with E-state index in [9.17, 15) is 14.7 Å². The Labute approximate surface area is 193 Å². The molecule has 0 radical (unpaired) electrons. The Balaban J connectivity index is 1.67. The Morgan fingerprint density at radius 1 is 0.742 bits per heavy atom. The second kappa shape index (κ2) is 6.04. The molecule has 2 amide bonds. The Bertz CT molecular complexity index is 1200. The summed E-state index contributed by atoms with van der Waals surface area (Å²) in [6.07, 6.45) is 0. The first-order valence-corrected chi connectivity index (χ1v) is 10.9. The van der Waals surface area contributed by atoms with E-state index < -0.39 is 33.4 Å². The van der Waals surface area contributed by atoms with Crippen molar-refractivity contribution in [1.82, 2.24) is 0 Å². The molecule has 7 rings (SSSR count). The van der Waals surface area contributed by atoms with Gasteiger partial charge < -0.3 is 5.11 Å². The van der Waals surface area contributed by atoms with Crippen molar-refractivity contribution in [2.45, 2.75) is 9.75 Å². The summed E-state index contributed by atoms with van der Waals surface area (Å²) in [5, 5.41) is 10.7. The molecule has 31 heavy (non-hydrogen) atoms. The van der Waals surface area contributed by atoms with Gasteiger partial charge in [0.15, 0.2) is 0 Å². The molecular formula is C24H14Cl3NO3. The van der Waals surface area contributed by atoms with Crippen molar-refractivity contribution in [3.8, 4) is 5.75 Å². The standard InChI is InChI=1S/C24H14Cl3NO3/c25-12-9-10-18(29)17(11-12)28-21(30)19-20(22(28)31)24(27)14-6-2-1-5-13(14)23(19,26)15-7-3-4-8-16(15)24/h1-11,19-20,29H/t19-,20-,23?,24?/m1/s1. The number of alkyl halides is 2. The number of hydrogen-bond acceptors (Lipinski definition) is 3. The van der Waals surface area contributed by atoms with Gasteiger partial charge in [-0.2, -0.15) is 0 Å². The van der Waals surface area contributed by atoms with Crippen molar-refractivity contribution < 1.29 is 14.7 Å².